The molecule has 0 radical (unpaired) electrons. The lowest BCUT2D eigenvalue weighted by Crippen LogP contribution is -2.27. The van der Waals surface area contributed by atoms with E-state index in [2.05, 4.69) is 26.0 Å². The quantitative estimate of drug-likeness (QED) is 0.430. The number of amides is 1. The molecule has 11 heteroatoms. The number of ether oxygens (including phenoxy) is 1. The summed E-state index contributed by atoms with van der Waals surface area (Å²) in [5.41, 5.74) is 1.79. The van der Waals surface area contributed by atoms with Gasteiger partial charge in [0.1, 0.15) is 5.60 Å². The maximum absolute atomic E-state index is 12.7. The van der Waals surface area contributed by atoms with Crippen LogP contribution in [0.5, 0.6) is 0 Å². The first-order valence-electron chi connectivity index (χ1n) is 9.86. The highest BCUT2D eigenvalue weighted by atomic mass is 79.9. The van der Waals surface area contributed by atoms with Crippen molar-refractivity contribution in [1.29, 1.82) is 0 Å². The molecular formula is C22H24BrN3O5S2. The number of hydrogen-bond acceptors (Lipinski definition) is 6. The van der Waals surface area contributed by atoms with Crippen LogP contribution < -0.4 is 10.0 Å². The second-order valence-electron chi connectivity index (χ2n) is 8.40. The minimum absolute atomic E-state index is 0.322. The summed E-state index contributed by atoms with van der Waals surface area (Å²) < 4.78 is 32.9. The summed E-state index contributed by atoms with van der Waals surface area (Å²) in [6, 6.07) is 10.2. The van der Waals surface area contributed by atoms with E-state index >= 15 is 0 Å². The maximum Gasteiger partial charge on any atom is 0.418 e. The Hall–Kier alpha value is -2.63. The van der Waals surface area contributed by atoms with Crippen molar-refractivity contribution in [2.75, 3.05) is 16.3 Å². The third-order valence-corrected chi connectivity index (χ3v) is 6.19. The van der Waals surface area contributed by atoms with Crippen LogP contribution in [0.3, 0.4) is 0 Å². The van der Waals surface area contributed by atoms with Gasteiger partial charge in [-0.1, -0.05) is 15.9 Å². The number of nitrogens with one attached hydrogen (secondary N) is 2. The summed E-state index contributed by atoms with van der Waals surface area (Å²) in [7, 11) is -3.45. The molecule has 0 spiro atoms. The van der Waals surface area contributed by atoms with Gasteiger partial charge < -0.3 is 10.1 Å². The molecule has 2 aromatic heterocycles. The van der Waals surface area contributed by atoms with Crippen LogP contribution in [0.25, 0.3) is 0 Å². The van der Waals surface area contributed by atoms with Crippen LogP contribution in [0.4, 0.5) is 16.2 Å². The van der Waals surface area contributed by atoms with Crippen LogP contribution in [0, 0.1) is 0 Å². The standard InChI is InChI=1S/C22H24BrN3O5S2/c1-22(2,3)31-21(28)26-7-5-6-18(26)8-14-9-19(32-13-14)20(27)24-16-10-15(23)11-17(12-16)25-33(4,29)30/h5-7,9-13,25H,8H2,1-4H3,(H,24,27). The molecule has 0 saturated heterocycles. The largest absolute Gasteiger partial charge is 0.443 e. The zero-order valence-corrected chi connectivity index (χ0v) is 21.7. The van der Waals surface area contributed by atoms with Crippen molar-refractivity contribution in [3.05, 3.63) is 68.6 Å². The third-order valence-electron chi connectivity index (χ3n) is 4.15. The van der Waals surface area contributed by atoms with E-state index in [-0.39, 0.29) is 5.91 Å². The van der Waals surface area contributed by atoms with Crippen LogP contribution >= 0.6 is 27.3 Å². The number of anilines is 2. The molecule has 176 valence electrons. The molecule has 8 nitrogen and oxygen atoms in total. The Labute approximate surface area is 205 Å². The number of carbonyl (C=O) groups is 2. The van der Waals surface area contributed by atoms with Gasteiger partial charge in [-0.25, -0.2) is 13.2 Å². The topological polar surface area (TPSA) is 106 Å². The summed E-state index contributed by atoms with van der Waals surface area (Å²) >= 11 is 4.60. The lowest BCUT2D eigenvalue weighted by Gasteiger charge is -2.20. The second kappa shape index (κ2) is 9.70. The fourth-order valence-corrected chi connectivity index (χ4v) is 4.82. The van der Waals surface area contributed by atoms with E-state index in [0.29, 0.717) is 27.1 Å². The number of carbonyl (C=O) groups excluding carboxylic acids is 2. The van der Waals surface area contributed by atoms with Gasteiger partial charge in [0.15, 0.2) is 0 Å². The Morgan fingerprint density at radius 2 is 1.85 bits per heavy atom. The highest BCUT2D eigenvalue weighted by Crippen LogP contribution is 2.25. The molecule has 1 aromatic carbocycles. The zero-order chi connectivity index (χ0) is 24.4. The molecular weight excluding hydrogens is 530 g/mol. The average Bonchev–Trinajstić information content (AvgIpc) is 3.28. The number of aromatic nitrogens is 1. The lowest BCUT2D eigenvalue weighted by atomic mass is 10.2. The molecule has 0 aliphatic rings. The average molecular weight is 554 g/mol. The number of benzene rings is 1. The first-order chi connectivity index (χ1) is 15.3. The van der Waals surface area contributed by atoms with Gasteiger partial charge >= 0.3 is 6.09 Å². The molecule has 0 aliphatic carbocycles. The van der Waals surface area contributed by atoms with E-state index < -0.39 is 21.7 Å². The van der Waals surface area contributed by atoms with Crippen molar-refractivity contribution in [2.24, 2.45) is 0 Å². The van der Waals surface area contributed by atoms with Crippen LogP contribution in [0.1, 0.15) is 41.7 Å². The predicted octanol–water partition coefficient (Wildman–Crippen LogP) is 5.31. The Morgan fingerprint density at radius 3 is 2.52 bits per heavy atom. The van der Waals surface area contributed by atoms with Gasteiger partial charge in [-0.15, -0.1) is 11.3 Å². The first-order valence-corrected chi connectivity index (χ1v) is 13.4. The summed E-state index contributed by atoms with van der Waals surface area (Å²) in [4.78, 5) is 25.6. The highest BCUT2D eigenvalue weighted by molar-refractivity contribution is 9.10. The summed E-state index contributed by atoms with van der Waals surface area (Å²) in [5, 5.41) is 4.64. The third kappa shape index (κ3) is 7.44. The van der Waals surface area contributed by atoms with Crippen molar-refractivity contribution in [2.45, 2.75) is 32.8 Å². The molecule has 0 atom stereocenters. The number of rotatable bonds is 6. The maximum atomic E-state index is 12.7. The van der Waals surface area contributed by atoms with E-state index in [9.17, 15) is 18.0 Å². The van der Waals surface area contributed by atoms with Gasteiger partial charge in [0.2, 0.25) is 10.0 Å². The smallest absolute Gasteiger partial charge is 0.418 e. The molecule has 0 saturated carbocycles. The summed E-state index contributed by atoms with van der Waals surface area (Å²) in [6.07, 6.45) is 2.70. The number of hydrogen-bond donors (Lipinski definition) is 2. The van der Waals surface area contributed by atoms with Crippen LogP contribution in [-0.4, -0.2) is 36.8 Å². The van der Waals surface area contributed by atoms with Crippen LogP contribution in [-0.2, 0) is 21.2 Å². The van der Waals surface area contributed by atoms with Crippen molar-refractivity contribution >= 4 is 60.7 Å². The van der Waals surface area contributed by atoms with E-state index in [1.54, 1.807) is 30.5 Å². The van der Waals surface area contributed by atoms with Gasteiger partial charge in [0.25, 0.3) is 5.91 Å². The van der Waals surface area contributed by atoms with Crippen LogP contribution in [0.2, 0.25) is 0 Å². The van der Waals surface area contributed by atoms with Crippen molar-refractivity contribution < 1.29 is 22.7 Å². The van der Waals surface area contributed by atoms with E-state index in [1.165, 1.54) is 22.0 Å². The predicted molar refractivity (Wildman–Crippen MR) is 134 cm³/mol. The number of halogens is 1. The molecule has 0 unspecified atom stereocenters. The highest BCUT2D eigenvalue weighted by Gasteiger charge is 2.20. The molecule has 0 fully saturated rings. The number of sulfonamides is 1. The zero-order valence-electron chi connectivity index (χ0n) is 18.5. The Bertz CT molecular complexity index is 1290. The minimum Gasteiger partial charge on any atom is -0.443 e. The number of thiophene rings is 1. The minimum atomic E-state index is -3.45. The Morgan fingerprint density at radius 1 is 1.15 bits per heavy atom. The molecule has 1 amide bonds. The fraction of sp³-hybridized carbons (Fsp3) is 0.273. The molecule has 3 aromatic rings. The summed E-state index contributed by atoms with van der Waals surface area (Å²) in [5.74, 6) is -0.322. The van der Waals surface area contributed by atoms with Crippen LogP contribution in [0.15, 0.2) is 52.4 Å². The van der Waals surface area contributed by atoms with Crippen molar-refractivity contribution in [3.63, 3.8) is 0 Å². The second-order valence-corrected chi connectivity index (χ2v) is 12.0. The van der Waals surface area contributed by atoms with Crippen molar-refractivity contribution in [3.8, 4) is 0 Å². The van der Waals surface area contributed by atoms with Gasteiger partial charge in [-0.3, -0.25) is 14.1 Å². The van der Waals surface area contributed by atoms with Crippen molar-refractivity contribution in [1.82, 2.24) is 4.57 Å². The monoisotopic (exact) mass is 553 g/mol. The first kappa shape index (κ1) is 25.0. The number of nitrogens with zero attached hydrogens (tertiary/aromatic N) is 1. The SMILES string of the molecule is CC(C)(C)OC(=O)n1cccc1Cc1csc(C(=O)Nc2cc(Br)cc(NS(C)(=O)=O)c2)c1. The van der Waals surface area contributed by atoms with Gasteiger partial charge in [0, 0.05) is 28.5 Å². The Kier molecular flexibility index (Phi) is 7.35. The molecule has 3 rings (SSSR count). The van der Waals surface area contributed by atoms with E-state index in [1.807, 2.05) is 32.2 Å². The van der Waals surface area contributed by atoms with Gasteiger partial charge in [-0.2, -0.15) is 0 Å². The van der Waals surface area contributed by atoms with E-state index in [4.69, 9.17) is 4.74 Å². The molecule has 2 heterocycles. The molecule has 2 N–H and O–H groups in total. The molecule has 0 aliphatic heterocycles. The fourth-order valence-electron chi connectivity index (χ4n) is 2.97. The normalized spacial score (nSPS) is 11.8. The summed E-state index contributed by atoms with van der Waals surface area (Å²) in [6.45, 7) is 5.43. The Balaban J connectivity index is 1.71. The van der Waals surface area contributed by atoms with E-state index in [0.717, 1.165) is 17.5 Å². The molecule has 0 bridgehead atoms. The molecule has 33 heavy (non-hydrogen) atoms. The van der Waals surface area contributed by atoms with Gasteiger partial charge in [-0.05, 0) is 68.1 Å². The lowest BCUT2D eigenvalue weighted by molar-refractivity contribution is 0.0533. The van der Waals surface area contributed by atoms with Gasteiger partial charge in [0.05, 0.1) is 16.8 Å².